The third kappa shape index (κ3) is 2.67. The van der Waals surface area contributed by atoms with Crippen LogP contribution in [0.5, 0.6) is 0 Å². The van der Waals surface area contributed by atoms with E-state index in [4.69, 9.17) is 11.6 Å². The summed E-state index contributed by atoms with van der Waals surface area (Å²) in [7, 11) is 1.93. The minimum atomic E-state index is 0.0219. The van der Waals surface area contributed by atoms with Gasteiger partial charge in [-0.05, 0) is 20.4 Å². The normalized spacial score (nSPS) is 12.9. The van der Waals surface area contributed by atoms with Crippen LogP contribution in [0.3, 0.4) is 0 Å². The minimum absolute atomic E-state index is 0.0219. The van der Waals surface area contributed by atoms with Crippen molar-refractivity contribution in [3.8, 4) is 0 Å². The molecule has 0 fully saturated rings. The van der Waals surface area contributed by atoms with Crippen LogP contribution in [0.15, 0.2) is 12.4 Å². The first kappa shape index (κ1) is 14.1. The summed E-state index contributed by atoms with van der Waals surface area (Å²) >= 11 is 6.31. The van der Waals surface area contributed by atoms with Gasteiger partial charge in [0.15, 0.2) is 0 Å². The molecule has 0 aliphatic rings. The van der Waals surface area contributed by atoms with Gasteiger partial charge in [-0.3, -0.25) is 9.36 Å². The summed E-state index contributed by atoms with van der Waals surface area (Å²) in [4.78, 5) is 0. The molecule has 1 unspecified atom stereocenters. The lowest BCUT2D eigenvalue weighted by atomic mass is 10.0. The molecule has 2 rings (SSSR count). The second kappa shape index (κ2) is 5.75. The van der Waals surface area contributed by atoms with Gasteiger partial charge in [0.1, 0.15) is 0 Å². The van der Waals surface area contributed by atoms with Crippen LogP contribution in [0.4, 0.5) is 0 Å². The van der Waals surface area contributed by atoms with Crippen LogP contribution >= 0.6 is 11.6 Å². The van der Waals surface area contributed by atoms with E-state index in [-0.39, 0.29) is 6.04 Å². The molecule has 6 heteroatoms. The summed E-state index contributed by atoms with van der Waals surface area (Å²) < 4.78 is 3.76. The quantitative estimate of drug-likeness (QED) is 0.915. The van der Waals surface area contributed by atoms with Gasteiger partial charge in [0.2, 0.25) is 0 Å². The van der Waals surface area contributed by atoms with Gasteiger partial charge >= 0.3 is 0 Å². The summed E-state index contributed by atoms with van der Waals surface area (Å²) in [5, 5.41) is 12.9. The minimum Gasteiger partial charge on any atom is -0.305 e. The highest BCUT2D eigenvalue weighted by Crippen LogP contribution is 2.29. The fourth-order valence-corrected chi connectivity index (χ4v) is 2.62. The summed E-state index contributed by atoms with van der Waals surface area (Å²) in [6, 6.07) is 0.0219. The van der Waals surface area contributed by atoms with Gasteiger partial charge in [-0.1, -0.05) is 18.5 Å². The molecular weight excluding hydrogens is 262 g/mol. The molecular formula is C13H20ClN5. The highest BCUT2D eigenvalue weighted by Gasteiger charge is 2.24. The van der Waals surface area contributed by atoms with Gasteiger partial charge in [0, 0.05) is 25.4 Å². The first-order valence-electron chi connectivity index (χ1n) is 6.53. The Kier molecular flexibility index (Phi) is 4.27. The van der Waals surface area contributed by atoms with Crippen LogP contribution in [-0.2, 0) is 13.6 Å². The van der Waals surface area contributed by atoms with Crippen molar-refractivity contribution >= 4 is 11.6 Å². The number of hydrogen-bond acceptors (Lipinski definition) is 3. The van der Waals surface area contributed by atoms with Gasteiger partial charge < -0.3 is 5.32 Å². The average Bonchev–Trinajstić information content (AvgIpc) is 2.89. The fraction of sp³-hybridized carbons (Fsp3) is 0.538. The van der Waals surface area contributed by atoms with E-state index >= 15 is 0 Å². The molecule has 0 bridgehead atoms. The maximum atomic E-state index is 6.31. The van der Waals surface area contributed by atoms with E-state index in [0.717, 1.165) is 30.0 Å². The second-order valence-corrected chi connectivity index (χ2v) is 4.93. The van der Waals surface area contributed by atoms with Gasteiger partial charge in [-0.2, -0.15) is 10.2 Å². The zero-order chi connectivity index (χ0) is 14.0. The molecule has 0 saturated heterocycles. The molecule has 0 saturated carbocycles. The number of nitrogens with zero attached hydrogens (tertiary/aromatic N) is 4. The summed E-state index contributed by atoms with van der Waals surface area (Å²) in [5.74, 6) is 0. The van der Waals surface area contributed by atoms with E-state index < -0.39 is 0 Å². The monoisotopic (exact) mass is 281 g/mol. The van der Waals surface area contributed by atoms with Crippen LogP contribution in [0.25, 0.3) is 0 Å². The first-order chi connectivity index (χ1) is 9.08. The van der Waals surface area contributed by atoms with E-state index in [1.54, 1.807) is 6.20 Å². The summed E-state index contributed by atoms with van der Waals surface area (Å²) in [5.41, 5.74) is 3.15. The third-order valence-electron chi connectivity index (χ3n) is 3.18. The molecule has 0 spiro atoms. The number of halogens is 1. The molecule has 19 heavy (non-hydrogen) atoms. The molecule has 104 valence electrons. The molecule has 1 N–H and O–H groups in total. The molecule has 0 aliphatic heterocycles. The highest BCUT2D eigenvalue weighted by molar-refractivity contribution is 6.31. The Hall–Kier alpha value is -1.33. The number of rotatable bonds is 5. The lowest BCUT2D eigenvalue weighted by molar-refractivity contribution is 0.541. The van der Waals surface area contributed by atoms with E-state index in [0.29, 0.717) is 5.02 Å². The Morgan fingerprint density at radius 3 is 2.68 bits per heavy atom. The molecule has 0 aromatic carbocycles. The van der Waals surface area contributed by atoms with Crippen molar-refractivity contribution in [1.82, 2.24) is 24.9 Å². The maximum Gasteiger partial charge on any atom is 0.0837 e. The Morgan fingerprint density at radius 1 is 1.42 bits per heavy atom. The average molecular weight is 282 g/mol. The molecule has 5 nitrogen and oxygen atoms in total. The van der Waals surface area contributed by atoms with Crippen molar-refractivity contribution in [1.29, 1.82) is 0 Å². The van der Waals surface area contributed by atoms with Crippen molar-refractivity contribution < 1.29 is 0 Å². The fourth-order valence-electron chi connectivity index (χ4n) is 2.37. The maximum absolute atomic E-state index is 6.31. The molecule has 0 aliphatic carbocycles. The van der Waals surface area contributed by atoms with Crippen LogP contribution in [0.2, 0.25) is 5.02 Å². The molecule has 0 amide bonds. The number of hydrogen-bond donors (Lipinski definition) is 1. The highest BCUT2D eigenvalue weighted by atomic mass is 35.5. The molecule has 1 atom stereocenters. The molecule has 2 aromatic heterocycles. The third-order valence-corrected chi connectivity index (χ3v) is 3.47. The van der Waals surface area contributed by atoms with Crippen LogP contribution in [0.1, 0.15) is 36.8 Å². The Morgan fingerprint density at radius 2 is 2.16 bits per heavy atom. The Labute approximate surface area is 118 Å². The van der Waals surface area contributed by atoms with Crippen LogP contribution in [0, 0.1) is 6.92 Å². The predicted molar refractivity (Wildman–Crippen MR) is 76.4 cm³/mol. The second-order valence-electron chi connectivity index (χ2n) is 4.53. The summed E-state index contributed by atoms with van der Waals surface area (Å²) in [6.45, 7) is 7.80. The van der Waals surface area contributed by atoms with Crippen LogP contribution < -0.4 is 5.32 Å². The van der Waals surface area contributed by atoms with Crippen molar-refractivity contribution in [2.24, 2.45) is 7.05 Å². The molecule has 2 aromatic rings. The Bertz CT molecular complexity index is 557. The summed E-state index contributed by atoms with van der Waals surface area (Å²) in [6.07, 6.45) is 3.74. The first-order valence-corrected chi connectivity index (χ1v) is 6.91. The van der Waals surface area contributed by atoms with Crippen molar-refractivity contribution in [3.63, 3.8) is 0 Å². The number of aromatic nitrogens is 4. The van der Waals surface area contributed by atoms with Crippen molar-refractivity contribution in [2.75, 3.05) is 6.54 Å². The van der Waals surface area contributed by atoms with E-state index in [9.17, 15) is 0 Å². The standard InChI is InChI=1S/C13H20ClN5/c1-5-15-12(10-8-18(4)17-9(10)3)13-11(14)7-16-19(13)6-2/h7-8,12,15H,5-6H2,1-4H3. The topological polar surface area (TPSA) is 47.7 Å². The lowest BCUT2D eigenvalue weighted by Gasteiger charge is -2.19. The molecule has 2 heterocycles. The van der Waals surface area contributed by atoms with E-state index in [1.807, 2.05) is 29.5 Å². The largest absolute Gasteiger partial charge is 0.305 e. The van der Waals surface area contributed by atoms with Gasteiger partial charge in [-0.25, -0.2) is 0 Å². The molecule has 0 radical (unpaired) electrons. The van der Waals surface area contributed by atoms with Gasteiger partial charge in [0.25, 0.3) is 0 Å². The van der Waals surface area contributed by atoms with Gasteiger partial charge in [0.05, 0.1) is 28.6 Å². The van der Waals surface area contributed by atoms with Crippen LogP contribution in [-0.4, -0.2) is 26.1 Å². The van der Waals surface area contributed by atoms with Crippen molar-refractivity contribution in [3.05, 3.63) is 34.4 Å². The Balaban J connectivity index is 2.51. The zero-order valence-corrected chi connectivity index (χ0v) is 12.6. The predicted octanol–water partition coefficient (Wildman–Crippen LogP) is 2.30. The smallest absolute Gasteiger partial charge is 0.0837 e. The lowest BCUT2D eigenvalue weighted by Crippen LogP contribution is -2.25. The van der Waals surface area contributed by atoms with Crippen molar-refractivity contribution in [2.45, 2.75) is 33.4 Å². The number of nitrogens with one attached hydrogen (secondary N) is 1. The number of aryl methyl sites for hydroxylation is 3. The van der Waals surface area contributed by atoms with Gasteiger partial charge in [-0.15, -0.1) is 0 Å². The SMILES string of the molecule is CCNC(c1cn(C)nc1C)c1c(Cl)cnn1CC. The van der Waals surface area contributed by atoms with E-state index in [1.165, 1.54) is 0 Å². The zero-order valence-electron chi connectivity index (χ0n) is 11.8. The van der Waals surface area contributed by atoms with E-state index in [2.05, 4.69) is 29.4 Å².